The number of ketones is 1. The van der Waals surface area contributed by atoms with Crippen molar-refractivity contribution < 1.29 is 14.7 Å². The van der Waals surface area contributed by atoms with Crippen LogP contribution in [-0.4, -0.2) is 16.9 Å². The van der Waals surface area contributed by atoms with Crippen LogP contribution in [0.1, 0.15) is 47.5 Å². The Kier molecular flexibility index (Phi) is 4.98. The van der Waals surface area contributed by atoms with Gasteiger partial charge >= 0.3 is 5.97 Å². The van der Waals surface area contributed by atoms with Crippen molar-refractivity contribution in [2.75, 3.05) is 0 Å². The molecule has 0 aliphatic carbocycles. The zero-order valence-corrected chi connectivity index (χ0v) is 10.3. The highest BCUT2D eigenvalue weighted by Gasteiger charge is 2.43. The molecule has 0 amide bonds. The van der Waals surface area contributed by atoms with Gasteiger partial charge in [0, 0.05) is 0 Å². The van der Waals surface area contributed by atoms with E-state index in [1.54, 1.807) is 0 Å². The molecule has 15 heavy (non-hydrogen) atoms. The van der Waals surface area contributed by atoms with E-state index >= 15 is 0 Å². The van der Waals surface area contributed by atoms with E-state index < -0.39 is 11.4 Å². The van der Waals surface area contributed by atoms with Gasteiger partial charge in [-0.05, 0) is 31.6 Å². The number of carboxylic acids is 1. The van der Waals surface area contributed by atoms with Crippen LogP contribution >= 0.6 is 0 Å². The minimum absolute atomic E-state index is 0.212. The van der Waals surface area contributed by atoms with Crippen LogP contribution in [-0.2, 0) is 9.59 Å². The summed E-state index contributed by atoms with van der Waals surface area (Å²) in [5.74, 6) is -0.776. The average molecular weight is 214 g/mol. The summed E-state index contributed by atoms with van der Waals surface area (Å²) in [6, 6.07) is 0. The predicted octanol–water partition coefficient (Wildman–Crippen LogP) is 2.74. The molecule has 0 bridgehead atoms. The van der Waals surface area contributed by atoms with Crippen LogP contribution in [0.3, 0.4) is 0 Å². The first-order valence-corrected chi connectivity index (χ1v) is 5.46. The van der Waals surface area contributed by atoms with Crippen LogP contribution in [0.4, 0.5) is 0 Å². The third kappa shape index (κ3) is 3.65. The number of carbonyl (C=O) groups excluding carboxylic acids is 1. The Morgan fingerprint density at radius 3 is 1.53 bits per heavy atom. The number of rotatable bonds is 6. The van der Waals surface area contributed by atoms with Crippen LogP contribution in [0.2, 0.25) is 0 Å². The Bertz CT molecular complexity index is 215. The molecule has 0 heterocycles. The van der Waals surface area contributed by atoms with Gasteiger partial charge in [-0.15, -0.1) is 0 Å². The van der Waals surface area contributed by atoms with Gasteiger partial charge in [-0.2, -0.15) is 0 Å². The molecule has 0 atom stereocenters. The van der Waals surface area contributed by atoms with Crippen LogP contribution < -0.4 is 0 Å². The lowest BCUT2D eigenvalue weighted by Crippen LogP contribution is -2.40. The maximum atomic E-state index is 11.6. The summed E-state index contributed by atoms with van der Waals surface area (Å²) in [4.78, 5) is 22.9. The zero-order valence-electron chi connectivity index (χ0n) is 10.3. The van der Waals surface area contributed by atoms with Gasteiger partial charge < -0.3 is 5.11 Å². The molecule has 0 aliphatic rings. The minimum Gasteiger partial charge on any atom is -0.480 e. The molecule has 0 rings (SSSR count). The van der Waals surface area contributed by atoms with Gasteiger partial charge in [0.15, 0.2) is 0 Å². The maximum Gasteiger partial charge on any atom is 0.317 e. The topological polar surface area (TPSA) is 54.4 Å². The average Bonchev–Trinajstić information content (AvgIpc) is 1.99. The van der Waals surface area contributed by atoms with Crippen molar-refractivity contribution in [1.82, 2.24) is 0 Å². The van der Waals surface area contributed by atoms with E-state index in [2.05, 4.69) is 0 Å². The number of hydrogen-bond donors (Lipinski definition) is 1. The molecule has 0 aromatic heterocycles. The highest BCUT2D eigenvalue weighted by Crippen LogP contribution is 2.35. The van der Waals surface area contributed by atoms with Crippen molar-refractivity contribution in [2.45, 2.75) is 47.5 Å². The Balaban J connectivity index is 5.08. The second-order valence-corrected chi connectivity index (χ2v) is 5.14. The third-order valence-electron chi connectivity index (χ3n) is 2.60. The molecule has 0 saturated carbocycles. The van der Waals surface area contributed by atoms with Crippen molar-refractivity contribution >= 4 is 11.8 Å². The standard InChI is InChI=1S/C12H22O3/c1-8(2)6-12(10(5)13,11(14)15)7-9(3)4/h8-9H,6-7H2,1-5H3,(H,14,15). The van der Waals surface area contributed by atoms with Gasteiger partial charge in [0.2, 0.25) is 0 Å². The number of aliphatic carboxylic acids is 1. The van der Waals surface area contributed by atoms with Gasteiger partial charge in [0.05, 0.1) is 0 Å². The summed E-state index contributed by atoms with van der Waals surface area (Å²) in [7, 11) is 0. The quantitative estimate of drug-likeness (QED) is 0.692. The molecule has 0 spiro atoms. The van der Waals surface area contributed by atoms with Crippen molar-refractivity contribution in [2.24, 2.45) is 17.3 Å². The fourth-order valence-electron chi connectivity index (χ4n) is 2.09. The van der Waals surface area contributed by atoms with E-state index in [9.17, 15) is 14.7 Å². The molecule has 0 fully saturated rings. The lowest BCUT2D eigenvalue weighted by molar-refractivity contribution is -0.156. The molecule has 3 heteroatoms. The summed E-state index contributed by atoms with van der Waals surface area (Å²) < 4.78 is 0. The highest BCUT2D eigenvalue weighted by atomic mass is 16.4. The molecule has 0 saturated heterocycles. The highest BCUT2D eigenvalue weighted by molar-refractivity contribution is 6.01. The Hall–Kier alpha value is -0.860. The monoisotopic (exact) mass is 214 g/mol. The molecular formula is C12H22O3. The Morgan fingerprint density at radius 2 is 1.40 bits per heavy atom. The number of carboxylic acid groups (broad SMARTS) is 1. The maximum absolute atomic E-state index is 11.6. The Morgan fingerprint density at radius 1 is 1.07 bits per heavy atom. The van der Waals surface area contributed by atoms with Crippen molar-refractivity contribution in [1.29, 1.82) is 0 Å². The van der Waals surface area contributed by atoms with E-state index in [1.807, 2.05) is 27.7 Å². The molecule has 1 N–H and O–H groups in total. The number of hydrogen-bond acceptors (Lipinski definition) is 2. The summed E-state index contributed by atoms with van der Waals surface area (Å²) >= 11 is 0. The molecular weight excluding hydrogens is 192 g/mol. The molecule has 3 nitrogen and oxygen atoms in total. The number of Topliss-reactive ketones (excluding diaryl/α,β-unsaturated/α-hetero) is 1. The largest absolute Gasteiger partial charge is 0.480 e. The molecule has 0 aromatic carbocycles. The fourth-order valence-corrected chi connectivity index (χ4v) is 2.09. The molecule has 0 unspecified atom stereocenters. The summed E-state index contributed by atoms with van der Waals surface area (Å²) in [6.07, 6.45) is 0.853. The van der Waals surface area contributed by atoms with E-state index in [0.29, 0.717) is 12.8 Å². The lowest BCUT2D eigenvalue weighted by atomic mass is 9.71. The summed E-state index contributed by atoms with van der Waals surface area (Å²) in [5, 5.41) is 9.27. The third-order valence-corrected chi connectivity index (χ3v) is 2.60. The molecule has 0 radical (unpaired) electrons. The van der Waals surface area contributed by atoms with Crippen LogP contribution in [0.25, 0.3) is 0 Å². The fraction of sp³-hybridized carbons (Fsp3) is 0.833. The van der Waals surface area contributed by atoms with Crippen molar-refractivity contribution in [3.63, 3.8) is 0 Å². The number of carbonyl (C=O) groups is 2. The first kappa shape index (κ1) is 14.1. The molecule has 0 aromatic rings. The van der Waals surface area contributed by atoms with Gasteiger partial charge in [0.1, 0.15) is 11.2 Å². The SMILES string of the molecule is CC(=O)C(CC(C)C)(CC(C)C)C(=O)O. The lowest BCUT2D eigenvalue weighted by Gasteiger charge is -2.30. The van der Waals surface area contributed by atoms with Crippen molar-refractivity contribution in [3.05, 3.63) is 0 Å². The van der Waals surface area contributed by atoms with E-state index in [1.165, 1.54) is 6.92 Å². The second kappa shape index (κ2) is 5.29. The van der Waals surface area contributed by atoms with Crippen LogP contribution in [0.15, 0.2) is 0 Å². The summed E-state index contributed by atoms with van der Waals surface area (Å²) in [5.41, 5.74) is -1.18. The van der Waals surface area contributed by atoms with E-state index in [0.717, 1.165) is 0 Å². The van der Waals surface area contributed by atoms with Crippen molar-refractivity contribution in [3.8, 4) is 0 Å². The first-order chi connectivity index (χ1) is 6.72. The van der Waals surface area contributed by atoms with Crippen LogP contribution in [0, 0.1) is 17.3 Å². The molecule has 88 valence electrons. The second-order valence-electron chi connectivity index (χ2n) is 5.14. The van der Waals surface area contributed by atoms with Crippen LogP contribution in [0.5, 0.6) is 0 Å². The first-order valence-electron chi connectivity index (χ1n) is 5.46. The minimum atomic E-state index is -1.18. The molecule has 0 aliphatic heterocycles. The predicted molar refractivity (Wildman–Crippen MR) is 59.7 cm³/mol. The smallest absolute Gasteiger partial charge is 0.317 e. The van der Waals surface area contributed by atoms with Gasteiger partial charge in [-0.1, -0.05) is 27.7 Å². The van der Waals surface area contributed by atoms with Gasteiger partial charge in [-0.25, -0.2) is 0 Å². The summed E-state index contributed by atoms with van der Waals surface area (Å²) in [6.45, 7) is 9.17. The van der Waals surface area contributed by atoms with Gasteiger partial charge in [-0.3, -0.25) is 9.59 Å². The van der Waals surface area contributed by atoms with Gasteiger partial charge in [0.25, 0.3) is 0 Å². The Labute approximate surface area is 91.9 Å². The van der Waals surface area contributed by atoms with E-state index in [4.69, 9.17) is 0 Å². The zero-order chi connectivity index (χ0) is 12.2. The van der Waals surface area contributed by atoms with E-state index in [-0.39, 0.29) is 17.6 Å². The normalized spacial score (nSPS) is 12.2.